The minimum Gasteiger partial charge on any atom is -0.316 e. The first-order valence-corrected chi connectivity index (χ1v) is 5.62. The monoisotopic (exact) mass is 205 g/mol. The Bertz CT molecular complexity index is 340. The summed E-state index contributed by atoms with van der Waals surface area (Å²) in [6, 6.07) is 0. The summed E-state index contributed by atoms with van der Waals surface area (Å²) in [5.74, 6) is 0. The van der Waals surface area contributed by atoms with Crippen molar-refractivity contribution in [2.24, 2.45) is 5.41 Å². The van der Waals surface area contributed by atoms with Crippen LogP contribution in [0.1, 0.15) is 34.6 Å². The molecule has 0 atom stereocenters. The van der Waals surface area contributed by atoms with E-state index in [4.69, 9.17) is 0 Å². The maximum absolute atomic E-state index is 3.25. The number of hydrogen-bond donors (Lipinski definition) is 1. The van der Waals surface area contributed by atoms with E-state index in [1.54, 1.807) is 0 Å². The van der Waals surface area contributed by atoms with Gasteiger partial charge in [-0.15, -0.1) is 0 Å². The molecule has 0 fully saturated rings. The smallest absolute Gasteiger partial charge is 0.0207 e. The number of likely N-dealkylation sites (N-methyl/N-ethyl adjacent to an activating group) is 1. The van der Waals surface area contributed by atoms with E-state index >= 15 is 0 Å². The molecule has 1 aliphatic carbocycles. The lowest BCUT2D eigenvalue weighted by Crippen LogP contribution is -2.15. The molecule has 0 amide bonds. The Morgan fingerprint density at radius 3 is 2.33 bits per heavy atom. The van der Waals surface area contributed by atoms with Crippen molar-refractivity contribution in [2.45, 2.75) is 34.6 Å². The molecule has 0 unspecified atom stereocenters. The molecule has 15 heavy (non-hydrogen) atoms. The highest BCUT2D eigenvalue weighted by Gasteiger charge is 2.22. The minimum atomic E-state index is 0.181. The van der Waals surface area contributed by atoms with Gasteiger partial charge in [-0.2, -0.15) is 0 Å². The summed E-state index contributed by atoms with van der Waals surface area (Å²) in [6.07, 6.45) is 4.57. The van der Waals surface area contributed by atoms with Gasteiger partial charge in [-0.25, -0.2) is 0 Å². The highest BCUT2D eigenvalue weighted by molar-refractivity contribution is 5.47. The summed E-state index contributed by atoms with van der Waals surface area (Å²) in [5.41, 5.74) is 5.92. The number of allylic oxidation sites excluding steroid dienone is 4. The van der Waals surface area contributed by atoms with Crippen LogP contribution in [0, 0.1) is 5.41 Å². The molecule has 84 valence electrons. The highest BCUT2D eigenvalue weighted by Crippen LogP contribution is 2.36. The third-order valence-corrected chi connectivity index (χ3v) is 3.56. The van der Waals surface area contributed by atoms with E-state index in [2.05, 4.69) is 52.1 Å². The van der Waals surface area contributed by atoms with Crippen molar-refractivity contribution in [1.29, 1.82) is 0 Å². The third-order valence-electron chi connectivity index (χ3n) is 3.56. The van der Waals surface area contributed by atoms with Gasteiger partial charge >= 0.3 is 0 Å². The fraction of sp³-hybridized carbons (Fsp3) is 0.571. The summed E-state index contributed by atoms with van der Waals surface area (Å²) in [6.45, 7) is 12.2. The van der Waals surface area contributed by atoms with E-state index in [-0.39, 0.29) is 5.41 Å². The molecule has 0 radical (unpaired) electrons. The van der Waals surface area contributed by atoms with Crippen LogP contribution in [0.5, 0.6) is 0 Å². The predicted molar refractivity (Wildman–Crippen MR) is 67.9 cm³/mol. The second-order valence-corrected chi connectivity index (χ2v) is 5.00. The molecule has 1 nitrogen and oxygen atoms in total. The summed E-state index contributed by atoms with van der Waals surface area (Å²) in [7, 11) is 2.00. The van der Waals surface area contributed by atoms with E-state index < -0.39 is 0 Å². The van der Waals surface area contributed by atoms with Crippen LogP contribution in [0.15, 0.2) is 34.4 Å². The van der Waals surface area contributed by atoms with Crippen LogP contribution in [-0.2, 0) is 0 Å². The van der Waals surface area contributed by atoms with Gasteiger partial charge in [0, 0.05) is 12.0 Å². The van der Waals surface area contributed by atoms with E-state index in [0.29, 0.717) is 0 Å². The van der Waals surface area contributed by atoms with E-state index in [9.17, 15) is 0 Å². The maximum Gasteiger partial charge on any atom is 0.0207 e. The molecule has 1 rings (SSSR count). The van der Waals surface area contributed by atoms with Crippen LogP contribution in [0.25, 0.3) is 0 Å². The van der Waals surface area contributed by atoms with Crippen LogP contribution in [0.2, 0.25) is 0 Å². The Morgan fingerprint density at radius 1 is 1.20 bits per heavy atom. The molecule has 0 spiro atoms. The van der Waals surface area contributed by atoms with Crippen molar-refractivity contribution in [3.63, 3.8) is 0 Å². The molecule has 1 N–H and O–H groups in total. The standard InChI is InChI=1S/C14H23N/c1-10-7-8-14(4,5)12(3)11(2)13(10)9-15-6/h7-8,15H,9H2,1-6H3. The predicted octanol–water partition coefficient (Wildman–Crippen LogP) is 3.45. The Hall–Kier alpha value is -0.820. The van der Waals surface area contributed by atoms with Gasteiger partial charge in [-0.05, 0) is 44.5 Å². The summed E-state index contributed by atoms with van der Waals surface area (Å²) < 4.78 is 0. The Kier molecular flexibility index (Phi) is 3.56. The first-order chi connectivity index (χ1) is 6.90. The Labute approximate surface area is 94.0 Å². The lowest BCUT2D eigenvalue weighted by molar-refractivity contribution is 0.575. The zero-order valence-electron chi connectivity index (χ0n) is 10.9. The third kappa shape index (κ3) is 2.40. The van der Waals surface area contributed by atoms with Gasteiger partial charge in [0.15, 0.2) is 0 Å². The van der Waals surface area contributed by atoms with Crippen molar-refractivity contribution >= 4 is 0 Å². The fourth-order valence-corrected chi connectivity index (χ4v) is 2.01. The molecule has 0 aliphatic heterocycles. The molecule has 1 aliphatic rings. The maximum atomic E-state index is 3.25. The average Bonchev–Trinajstić information content (AvgIpc) is 2.25. The normalized spacial score (nSPS) is 20.9. The fourth-order valence-electron chi connectivity index (χ4n) is 2.01. The number of nitrogens with one attached hydrogen (secondary N) is 1. The molecule has 0 heterocycles. The zero-order chi connectivity index (χ0) is 11.6. The van der Waals surface area contributed by atoms with Gasteiger partial charge in [0.05, 0.1) is 0 Å². The van der Waals surface area contributed by atoms with E-state index in [1.807, 2.05) is 7.05 Å². The van der Waals surface area contributed by atoms with Crippen LogP contribution in [0.3, 0.4) is 0 Å². The minimum absolute atomic E-state index is 0.181. The van der Waals surface area contributed by atoms with Gasteiger partial charge in [0.2, 0.25) is 0 Å². The van der Waals surface area contributed by atoms with Crippen LogP contribution in [0.4, 0.5) is 0 Å². The number of rotatable bonds is 2. The van der Waals surface area contributed by atoms with Crippen molar-refractivity contribution in [1.82, 2.24) is 5.32 Å². The molecular formula is C14H23N. The quantitative estimate of drug-likeness (QED) is 0.728. The van der Waals surface area contributed by atoms with Gasteiger partial charge in [0.1, 0.15) is 0 Å². The highest BCUT2D eigenvalue weighted by atomic mass is 14.8. The molecule has 1 heteroatoms. The number of hydrogen-bond acceptors (Lipinski definition) is 1. The van der Waals surface area contributed by atoms with E-state index in [0.717, 1.165) is 6.54 Å². The molecule has 0 saturated carbocycles. The van der Waals surface area contributed by atoms with Crippen molar-refractivity contribution in [3.05, 3.63) is 34.4 Å². The summed E-state index contributed by atoms with van der Waals surface area (Å²) in [5, 5.41) is 3.25. The topological polar surface area (TPSA) is 12.0 Å². The lowest BCUT2D eigenvalue weighted by atomic mass is 9.82. The van der Waals surface area contributed by atoms with Gasteiger partial charge in [-0.3, -0.25) is 0 Å². The van der Waals surface area contributed by atoms with Crippen LogP contribution >= 0.6 is 0 Å². The molecule has 0 aromatic rings. The SMILES string of the molecule is CNCC1=C(C)C=CC(C)(C)C(C)=C1C. The lowest BCUT2D eigenvalue weighted by Gasteiger charge is -2.23. The van der Waals surface area contributed by atoms with Gasteiger partial charge in [0.25, 0.3) is 0 Å². The van der Waals surface area contributed by atoms with Crippen molar-refractivity contribution in [2.75, 3.05) is 13.6 Å². The zero-order valence-corrected chi connectivity index (χ0v) is 10.9. The van der Waals surface area contributed by atoms with Crippen LogP contribution < -0.4 is 5.32 Å². The second-order valence-electron chi connectivity index (χ2n) is 5.00. The van der Waals surface area contributed by atoms with Crippen LogP contribution in [-0.4, -0.2) is 13.6 Å². The molecule has 0 aromatic carbocycles. The molecule has 0 saturated heterocycles. The molecule has 0 aromatic heterocycles. The summed E-state index contributed by atoms with van der Waals surface area (Å²) >= 11 is 0. The molecular weight excluding hydrogens is 182 g/mol. The Balaban J connectivity index is 3.26. The Morgan fingerprint density at radius 2 is 1.80 bits per heavy atom. The first kappa shape index (κ1) is 12.3. The largest absolute Gasteiger partial charge is 0.316 e. The van der Waals surface area contributed by atoms with Gasteiger partial charge in [-0.1, -0.05) is 31.6 Å². The van der Waals surface area contributed by atoms with Crippen molar-refractivity contribution < 1.29 is 0 Å². The van der Waals surface area contributed by atoms with E-state index in [1.165, 1.54) is 22.3 Å². The summed E-state index contributed by atoms with van der Waals surface area (Å²) in [4.78, 5) is 0. The second kappa shape index (κ2) is 4.36. The van der Waals surface area contributed by atoms with Crippen molar-refractivity contribution in [3.8, 4) is 0 Å². The average molecular weight is 205 g/mol. The van der Waals surface area contributed by atoms with Gasteiger partial charge < -0.3 is 5.32 Å². The first-order valence-electron chi connectivity index (χ1n) is 5.62. The molecule has 0 bridgehead atoms.